The average Bonchev–Trinajstić information content (AvgIpc) is 2.30. The van der Waals surface area contributed by atoms with Crippen LogP contribution < -0.4 is 5.32 Å². The molecule has 1 aromatic carbocycles. The van der Waals surface area contributed by atoms with Crippen LogP contribution in [0.3, 0.4) is 0 Å². The zero-order valence-corrected chi connectivity index (χ0v) is 10.7. The summed E-state index contributed by atoms with van der Waals surface area (Å²) in [5, 5.41) is 3.40. The summed E-state index contributed by atoms with van der Waals surface area (Å²) in [6.07, 6.45) is 3.65. The van der Waals surface area contributed by atoms with Gasteiger partial charge in [0.25, 0.3) is 0 Å². The highest BCUT2D eigenvalue weighted by Crippen LogP contribution is 2.18. The lowest BCUT2D eigenvalue weighted by Gasteiger charge is -2.09. The number of benzene rings is 1. The first kappa shape index (κ1) is 11.1. The van der Waals surface area contributed by atoms with E-state index in [1.165, 1.54) is 11.3 Å². The molecule has 16 heavy (non-hydrogen) atoms. The van der Waals surface area contributed by atoms with Crippen molar-refractivity contribution in [1.82, 2.24) is 4.98 Å². The van der Waals surface area contributed by atoms with E-state index in [-0.39, 0.29) is 0 Å². The van der Waals surface area contributed by atoms with Crippen molar-refractivity contribution >= 4 is 21.6 Å². The molecule has 2 nitrogen and oxygen atoms in total. The quantitative estimate of drug-likeness (QED) is 0.923. The van der Waals surface area contributed by atoms with E-state index in [0.717, 1.165) is 16.6 Å². The van der Waals surface area contributed by atoms with Crippen molar-refractivity contribution in [2.75, 3.05) is 5.32 Å². The van der Waals surface area contributed by atoms with E-state index in [9.17, 15) is 0 Å². The van der Waals surface area contributed by atoms with Gasteiger partial charge >= 0.3 is 0 Å². The third-order valence-corrected chi connectivity index (χ3v) is 3.23. The number of rotatable bonds is 3. The Morgan fingerprint density at radius 3 is 2.81 bits per heavy atom. The molecular weight excluding hydrogens is 264 g/mol. The molecule has 0 spiro atoms. The van der Waals surface area contributed by atoms with Crippen molar-refractivity contribution in [3.05, 3.63) is 58.3 Å². The molecule has 2 rings (SSSR count). The minimum absolute atomic E-state index is 0.777. The topological polar surface area (TPSA) is 24.9 Å². The number of hydrogen-bond acceptors (Lipinski definition) is 2. The van der Waals surface area contributed by atoms with Crippen molar-refractivity contribution in [1.29, 1.82) is 0 Å². The molecule has 0 radical (unpaired) electrons. The zero-order chi connectivity index (χ0) is 11.4. The van der Waals surface area contributed by atoms with Gasteiger partial charge in [-0.3, -0.25) is 4.98 Å². The van der Waals surface area contributed by atoms with E-state index in [1.54, 1.807) is 6.20 Å². The van der Waals surface area contributed by atoms with E-state index >= 15 is 0 Å². The second-order valence-corrected chi connectivity index (χ2v) is 4.49. The fraction of sp³-hybridized carbons (Fsp3) is 0.154. The number of hydrogen-bond donors (Lipinski definition) is 1. The maximum atomic E-state index is 4.11. The maximum Gasteiger partial charge on any atom is 0.0427 e. The van der Waals surface area contributed by atoms with Gasteiger partial charge in [0.15, 0.2) is 0 Å². The molecule has 0 aliphatic heterocycles. The molecule has 1 heterocycles. The second kappa shape index (κ2) is 5.12. The maximum absolute atomic E-state index is 4.11. The fourth-order valence-corrected chi connectivity index (χ4v) is 1.86. The second-order valence-electron chi connectivity index (χ2n) is 3.64. The summed E-state index contributed by atoms with van der Waals surface area (Å²) in [4.78, 5) is 4.11. The van der Waals surface area contributed by atoms with E-state index in [2.05, 4.69) is 45.3 Å². The molecule has 82 valence electrons. The number of aryl methyl sites for hydroxylation is 1. The summed E-state index contributed by atoms with van der Waals surface area (Å²) in [6.45, 7) is 2.87. The number of aromatic nitrogens is 1. The van der Waals surface area contributed by atoms with E-state index in [0.29, 0.717) is 0 Å². The van der Waals surface area contributed by atoms with Crippen molar-refractivity contribution in [2.45, 2.75) is 13.5 Å². The fourth-order valence-electron chi connectivity index (χ4n) is 1.50. The lowest BCUT2D eigenvalue weighted by molar-refractivity contribution is 1.09. The van der Waals surface area contributed by atoms with Crippen LogP contribution in [0.2, 0.25) is 0 Å². The molecule has 2 aromatic rings. The van der Waals surface area contributed by atoms with E-state index in [1.807, 2.05) is 24.4 Å². The summed E-state index contributed by atoms with van der Waals surface area (Å²) < 4.78 is 1.09. The standard InChI is InChI=1S/C13H13BrN2/c1-10-4-2-3-5-13(10)16-9-11-8-15-7-6-12(11)14/h2-8,16H,9H2,1H3. The molecule has 1 aromatic heterocycles. The van der Waals surface area contributed by atoms with Crippen LogP contribution in [0.25, 0.3) is 0 Å². The summed E-state index contributed by atoms with van der Waals surface area (Å²) in [7, 11) is 0. The third-order valence-electron chi connectivity index (χ3n) is 2.46. The molecule has 1 N–H and O–H groups in total. The first-order chi connectivity index (χ1) is 7.77. The summed E-state index contributed by atoms with van der Waals surface area (Å²) in [5.41, 5.74) is 3.58. The Balaban J connectivity index is 2.09. The Hall–Kier alpha value is -1.35. The van der Waals surface area contributed by atoms with Gasteiger partial charge in [-0.25, -0.2) is 0 Å². The molecule has 0 fully saturated rings. The molecule has 0 saturated carbocycles. The Morgan fingerprint density at radius 1 is 1.25 bits per heavy atom. The number of anilines is 1. The van der Waals surface area contributed by atoms with Gasteiger partial charge in [0, 0.05) is 34.7 Å². The average molecular weight is 277 g/mol. The Morgan fingerprint density at radius 2 is 2.06 bits per heavy atom. The van der Waals surface area contributed by atoms with Crippen molar-refractivity contribution in [3.63, 3.8) is 0 Å². The van der Waals surface area contributed by atoms with Gasteiger partial charge in [-0.15, -0.1) is 0 Å². The number of para-hydroxylation sites is 1. The van der Waals surface area contributed by atoms with Crippen molar-refractivity contribution in [2.24, 2.45) is 0 Å². The molecule has 0 saturated heterocycles. The smallest absolute Gasteiger partial charge is 0.0427 e. The minimum Gasteiger partial charge on any atom is -0.381 e. The van der Waals surface area contributed by atoms with Crippen LogP contribution in [-0.4, -0.2) is 4.98 Å². The first-order valence-corrected chi connectivity index (χ1v) is 5.94. The number of halogens is 1. The SMILES string of the molecule is Cc1ccccc1NCc1cnccc1Br. The van der Waals surface area contributed by atoms with E-state index < -0.39 is 0 Å². The number of nitrogens with zero attached hydrogens (tertiary/aromatic N) is 1. The van der Waals surface area contributed by atoms with Crippen LogP contribution in [0, 0.1) is 6.92 Å². The highest BCUT2D eigenvalue weighted by atomic mass is 79.9. The molecule has 0 unspecified atom stereocenters. The largest absolute Gasteiger partial charge is 0.381 e. The molecule has 0 aliphatic carbocycles. The van der Waals surface area contributed by atoms with Crippen molar-refractivity contribution in [3.8, 4) is 0 Å². The van der Waals surface area contributed by atoms with Crippen LogP contribution in [0.15, 0.2) is 47.2 Å². The van der Waals surface area contributed by atoms with Crippen LogP contribution >= 0.6 is 15.9 Å². The molecule has 0 aliphatic rings. The van der Waals surface area contributed by atoms with Crippen LogP contribution in [0.1, 0.15) is 11.1 Å². The lowest BCUT2D eigenvalue weighted by atomic mass is 10.2. The Bertz CT molecular complexity index is 437. The number of nitrogens with one attached hydrogen (secondary N) is 1. The molecular formula is C13H13BrN2. The van der Waals surface area contributed by atoms with Crippen LogP contribution in [0.5, 0.6) is 0 Å². The van der Waals surface area contributed by atoms with Gasteiger partial charge < -0.3 is 5.32 Å². The zero-order valence-electron chi connectivity index (χ0n) is 9.07. The number of pyridine rings is 1. The van der Waals surface area contributed by atoms with Gasteiger partial charge in [-0.1, -0.05) is 34.1 Å². The summed E-state index contributed by atoms with van der Waals surface area (Å²) in [5.74, 6) is 0. The van der Waals surface area contributed by atoms with E-state index in [4.69, 9.17) is 0 Å². The predicted molar refractivity (Wildman–Crippen MR) is 70.4 cm³/mol. The van der Waals surface area contributed by atoms with Gasteiger partial charge in [0.1, 0.15) is 0 Å². The molecule has 0 bridgehead atoms. The Kier molecular flexibility index (Phi) is 3.57. The summed E-state index contributed by atoms with van der Waals surface area (Å²) in [6, 6.07) is 10.2. The first-order valence-electron chi connectivity index (χ1n) is 5.15. The van der Waals surface area contributed by atoms with Gasteiger partial charge in [0.05, 0.1) is 0 Å². The normalized spacial score (nSPS) is 10.1. The van der Waals surface area contributed by atoms with Crippen LogP contribution in [-0.2, 0) is 6.54 Å². The summed E-state index contributed by atoms with van der Waals surface area (Å²) >= 11 is 3.51. The predicted octanol–water partition coefficient (Wildman–Crippen LogP) is 3.76. The Labute approximate surface area is 104 Å². The molecule has 3 heteroatoms. The van der Waals surface area contributed by atoms with Gasteiger partial charge in [0.2, 0.25) is 0 Å². The highest BCUT2D eigenvalue weighted by molar-refractivity contribution is 9.10. The third kappa shape index (κ3) is 2.61. The van der Waals surface area contributed by atoms with Gasteiger partial charge in [-0.2, -0.15) is 0 Å². The lowest BCUT2D eigenvalue weighted by Crippen LogP contribution is -2.01. The monoisotopic (exact) mass is 276 g/mol. The molecule has 0 amide bonds. The van der Waals surface area contributed by atoms with Crippen molar-refractivity contribution < 1.29 is 0 Å². The van der Waals surface area contributed by atoms with Crippen LogP contribution in [0.4, 0.5) is 5.69 Å². The minimum atomic E-state index is 0.777. The highest BCUT2D eigenvalue weighted by Gasteiger charge is 2.00. The molecule has 0 atom stereocenters. The van der Waals surface area contributed by atoms with Gasteiger partial charge in [-0.05, 0) is 24.6 Å².